The van der Waals surface area contributed by atoms with Crippen LogP contribution < -0.4 is 10.6 Å². The summed E-state index contributed by atoms with van der Waals surface area (Å²) in [5, 5.41) is 44.4. The van der Waals surface area contributed by atoms with Gasteiger partial charge in [0, 0.05) is 30.3 Å². The average Bonchev–Trinajstić information content (AvgIpc) is 2.81. The molecule has 1 aromatic rings. The molecule has 11 nitrogen and oxygen atoms in total. The lowest BCUT2D eigenvalue weighted by molar-refractivity contribution is -0.148. The fourth-order valence-corrected chi connectivity index (χ4v) is 6.33. The largest absolute Gasteiger partial charge is 0.510 e. The monoisotopic (exact) mass is 499 g/mol. The molecule has 36 heavy (non-hydrogen) atoms. The van der Waals surface area contributed by atoms with Gasteiger partial charge in [-0.3, -0.25) is 19.3 Å². The highest BCUT2D eigenvalue weighted by Crippen LogP contribution is 2.53. The van der Waals surface area contributed by atoms with Gasteiger partial charge in [0.1, 0.15) is 22.8 Å². The number of aromatic hydroxyl groups is 1. The Kier molecular flexibility index (Phi) is 5.62. The number of Topliss-reactive ketones (excluding diaryl/α,β-unsaturated/α-hetero) is 2. The van der Waals surface area contributed by atoms with E-state index in [9.17, 15) is 34.8 Å². The fraction of sp³-hybridized carbons (Fsp3) is 0.480. The van der Waals surface area contributed by atoms with Gasteiger partial charge in [0.2, 0.25) is 5.78 Å². The Morgan fingerprint density at radius 2 is 1.83 bits per heavy atom. The smallest absolute Gasteiger partial charge is 0.255 e. The first kappa shape index (κ1) is 24.3. The van der Waals surface area contributed by atoms with Crippen molar-refractivity contribution < 1.29 is 39.5 Å². The number of likely N-dealkylation sites (N-methyl/N-ethyl adjacent to an activating group) is 1. The van der Waals surface area contributed by atoms with Gasteiger partial charge in [-0.05, 0) is 50.6 Å². The second-order valence-corrected chi connectivity index (χ2v) is 10.0. The van der Waals surface area contributed by atoms with Crippen LogP contribution in [0.5, 0.6) is 5.75 Å². The van der Waals surface area contributed by atoms with Crippen molar-refractivity contribution in [3.05, 3.63) is 45.9 Å². The summed E-state index contributed by atoms with van der Waals surface area (Å²) in [6.45, 7) is 2.26. The molecule has 0 bridgehead atoms. The number of phenols is 1. The van der Waals surface area contributed by atoms with Crippen molar-refractivity contribution in [2.75, 3.05) is 45.3 Å². The maximum atomic E-state index is 13.7. The summed E-state index contributed by atoms with van der Waals surface area (Å²) in [4.78, 5) is 42.7. The first-order valence-corrected chi connectivity index (χ1v) is 11.8. The van der Waals surface area contributed by atoms with Crippen LogP contribution in [0.2, 0.25) is 0 Å². The molecule has 1 heterocycles. The lowest BCUT2D eigenvalue weighted by Crippen LogP contribution is -2.63. The number of aliphatic hydroxyl groups is 3. The van der Waals surface area contributed by atoms with Gasteiger partial charge in [-0.2, -0.15) is 0 Å². The minimum absolute atomic E-state index is 0.0137. The predicted molar refractivity (Wildman–Crippen MR) is 127 cm³/mol. The van der Waals surface area contributed by atoms with E-state index in [2.05, 4.69) is 4.90 Å². The third-order valence-electron chi connectivity index (χ3n) is 7.93. The molecule has 4 atom stereocenters. The number of fused-ring (bicyclic) bond motifs is 3. The van der Waals surface area contributed by atoms with Gasteiger partial charge in [0.15, 0.2) is 11.4 Å². The molecule has 1 aromatic carbocycles. The van der Waals surface area contributed by atoms with E-state index in [1.54, 1.807) is 20.2 Å². The molecule has 1 fully saturated rings. The third-order valence-corrected chi connectivity index (χ3v) is 7.93. The number of anilines is 1. The van der Waals surface area contributed by atoms with E-state index in [1.165, 1.54) is 11.0 Å². The van der Waals surface area contributed by atoms with Gasteiger partial charge in [-0.1, -0.05) is 0 Å². The number of nitrogens with zero attached hydrogens (tertiary/aromatic N) is 2. The van der Waals surface area contributed by atoms with Crippen molar-refractivity contribution >= 4 is 23.2 Å². The number of allylic oxidation sites excluding steroid dienone is 1. The topological polar surface area (TPSA) is 174 Å². The van der Waals surface area contributed by atoms with Gasteiger partial charge < -0.3 is 35.8 Å². The molecule has 1 saturated heterocycles. The number of phenolic OH excluding ortho intramolecular Hbond substituents is 1. The van der Waals surface area contributed by atoms with Crippen molar-refractivity contribution in [1.82, 2.24) is 4.90 Å². The number of rotatable bonds is 3. The van der Waals surface area contributed by atoms with Gasteiger partial charge in [0.05, 0.1) is 24.8 Å². The van der Waals surface area contributed by atoms with E-state index < -0.39 is 58.0 Å². The van der Waals surface area contributed by atoms with E-state index in [0.717, 1.165) is 5.69 Å². The van der Waals surface area contributed by atoms with Crippen LogP contribution in [0.1, 0.15) is 22.3 Å². The maximum absolute atomic E-state index is 13.7. The predicted octanol–water partition coefficient (Wildman–Crippen LogP) is -0.0428. The molecule has 1 amide bonds. The molecule has 5 rings (SSSR count). The first-order chi connectivity index (χ1) is 17.0. The summed E-state index contributed by atoms with van der Waals surface area (Å²) in [6.07, 6.45) is 0.319. The third kappa shape index (κ3) is 3.19. The van der Waals surface area contributed by atoms with Gasteiger partial charge in [-0.25, -0.2) is 0 Å². The summed E-state index contributed by atoms with van der Waals surface area (Å²) in [7, 11) is 3.20. The van der Waals surface area contributed by atoms with Gasteiger partial charge >= 0.3 is 0 Å². The molecule has 11 heteroatoms. The fourth-order valence-electron chi connectivity index (χ4n) is 6.33. The normalized spacial score (nSPS) is 30.3. The molecule has 0 spiro atoms. The van der Waals surface area contributed by atoms with Crippen LogP contribution in [0.3, 0.4) is 0 Å². The van der Waals surface area contributed by atoms with E-state index in [4.69, 9.17) is 10.5 Å². The number of ketones is 2. The van der Waals surface area contributed by atoms with Crippen LogP contribution >= 0.6 is 0 Å². The number of hydrogen-bond acceptors (Lipinski definition) is 10. The summed E-state index contributed by atoms with van der Waals surface area (Å²) < 4.78 is 5.44. The molecule has 4 unspecified atom stereocenters. The Bertz CT molecular complexity index is 1250. The molecule has 0 saturated carbocycles. The number of aliphatic hydroxyl groups excluding tert-OH is 2. The van der Waals surface area contributed by atoms with E-state index in [1.807, 2.05) is 0 Å². The summed E-state index contributed by atoms with van der Waals surface area (Å²) in [6, 6.07) is 2.15. The number of carbonyl (C=O) groups is 3. The molecule has 192 valence electrons. The lowest BCUT2D eigenvalue weighted by atomic mass is 9.58. The van der Waals surface area contributed by atoms with Crippen LogP contribution in [-0.2, 0) is 20.7 Å². The molecule has 1 aliphatic heterocycles. The zero-order valence-corrected chi connectivity index (χ0v) is 20.0. The second-order valence-electron chi connectivity index (χ2n) is 10.0. The highest BCUT2D eigenvalue weighted by Gasteiger charge is 2.63. The average molecular weight is 500 g/mol. The summed E-state index contributed by atoms with van der Waals surface area (Å²) in [5.74, 6) is -6.54. The van der Waals surface area contributed by atoms with Crippen LogP contribution in [0, 0.1) is 11.8 Å². The van der Waals surface area contributed by atoms with E-state index >= 15 is 0 Å². The molecule has 0 aromatic heterocycles. The van der Waals surface area contributed by atoms with Crippen LogP contribution in [0.15, 0.2) is 34.8 Å². The highest BCUT2D eigenvalue weighted by molar-refractivity contribution is 6.24. The zero-order chi connectivity index (χ0) is 26.1. The van der Waals surface area contributed by atoms with Crippen LogP contribution in [0.25, 0.3) is 0 Å². The number of benzene rings is 1. The second kappa shape index (κ2) is 8.32. The number of morpholine rings is 1. The minimum atomic E-state index is -2.64. The molecule has 4 aliphatic rings. The number of primary amides is 1. The quantitative estimate of drug-likeness (QED) is 0.355. The van der Waals surface area contributed by atoms with Crippen molar-refractivity contribution in [3.63, 3.8) is 0 Å². The molecule has 6 N–H and O–H groups in total. The van der Waals surface area contributed by atoms with Gasteiger partial charge in [0.25, 0.3) is 5.91 Å². The Morgan fingerprint density at radius 1 is 1.17 bits per heavy atom. The van der Waals surface area contributed by atoms with Crippen molar-refractivity contribution in [3.8, 4) is 5.75 Å². The lowest BCUT2D eigenvalue weighted by Gasteiger charge is -2.50. The number of hydrogen-bond donors (Lipinski definition) is 5. The molecular formula is C25H29N3O8. The Hall–Kier alpha value is -3.41. The number of carbonyl (C=O) groups excluding carboxylic acids is 3. The summed E-state index contributed by atoms with van der Waals surface area (Å²) >= 11 is 0. The van der Waals surface area contributed by atoms with E-state index in [0.29, 0.717) is 31.9 Å². The van der Waals surface area contributed by atoms with Crippen LogP contribution in [0.4, 0.5) is 5.69 Å². The molecule has 3 aliphatic carbocycles. The standard InChI is InChI=1S/C25H29N3O8/c1-27(2)19-13-10-11-9-12-14(28-5-7-36-8-6-28)3-4-15(29)17(12)20(30)16(11)22(32)25(13,35)23(33)18(21(19)31)24(26)34/h3-4,11,13,19,29,31-32,35H,5-10H2,1-2H3,(H2,26,34). The van der Waals surface area contributed by atoms with Crippen molar-refractivity contribution in [1.29, 1.82) is 0 Å². The van der Waals surface area contributed by atoms with Crippen molar-refractivity contribution in [2.45, 2.75) is 24.5 Å². The maximum Gasteiger partial charge on any atom is 0.255 e. The molecule has 0 radical (unpaired) electrons. The Morgan fingerprint density at radius 3 is 2.44 bits per heavy atom. The molecular weight excluding hydrogens is 470 g/mol. The highest BCUT2D eigenvalue weighted by atomic mass is 16.5. The number of nitrogens with two attached hydrogens (primary N) is 1. The number of ether oxygens (including phenoxy) is 1. The van der Waals surface area contributed by atoms with Crippen molar-refractivity contribution in [2.24, 2.45) is 17.6 Å². The van der Waals surface area contributed by atoms with Gasteiger partial charge in [-0.15, -0.1) is 0 Å². The summed E-state index contributed by atoms with van der Waals surface area (Å²) in [5.41, 5.74) is 3.14. The Labute approximate surface area is 207 Å². The Balaban J connectivity index is 1.69. The minimum Gasteiger partial charge on any atom is -0.510 e. The van der Waals surface area contributed by atoms with E-state index in [-0.39, 0.29) is 29.7 Å². The zero-order valence-electron chi connectivity index (χ0n) is 20.0. The SMILES string of the molecule is CN(C)C1C(O)=C(C(N)=O)C(=O)C2(O)C(O)=C3C(=O)c4c(O)ccc(N5CCOCC5)c4CC3CC12. The number of amides is 1. The van der Waals surface area contributed by atoms with Crippen LogP contribution in [-0.4, -0.2) is 94.8 Å². The first-order valence-electron chi connectivity index (χ1n) is 11.8.